The highest BCUT2D eigenvalue weighted by molar-refractivity contribution is 8.77. The van der Waals surface area contributed by atoms with E-state index in [4.69, 9.17) is 15.2 Å². The molecule has 5 N–H and O–H groups in total. The van der Waals surface area contributed by atoms with Gasteiger partial charge in [0.2, 0.25) is 5.91 Å². The highest BCUT2D eigenvalue weighted by Gasteiger charge is 2.36. The third-order valence-corrected chi connectivity index (χ3v) is 13.6. The van der Waals surface area contributed by atoms with Gasteiger partial charge in [0.1, 0.15) is 6.10 Å². The van der Waals surface area contributed by atoms with Crippen LogP contribution in [0.3, 0.4) is 0 Å². The van der Waals surface area contributed by atoms with Gasteiger partial charge in [-0.2, -0.15) is 0 Å². The van der Waals surface area contributed by atoms with Gasteiger partial charge in [-0.1, -0.05) is 59.8 Å². The van der Waals surface area contributed by atoms with E-state index in [1.54, 1.807) is 0 Å². The first-order valence-electron chi connectivity index (χ1n) is 18.7. The number of guanidine groups is 1. The summed E-state index contributed by atoms with van der Waals surface area (Å²) in [5.41, 5.74) is 8.02. The van der Waals surface area contributed by atoms with Crippen molar-refractivity contribution in [1.29, 1.82) is 0 Å². The average Bonchev–Trinajstić information content (AvgIpc) is 3.81. The lowest BCUT2D eigenvalue weighted by Gasteiger charge is -2.29. The molecule has 2 aliphatic carbocycles. The number of nitrogens with two attached hydrogens (primary N) is 1. The minimum Gasteiger partial charge on any atom is -0.504 e. The largest absolute Gasteiger partial charge is 0.504 e. The molecule has 4 aliphatic rings. The number of aliphatic imine (C=N–C) groups is 1. The van der Waals surface area contributed by atoms with Gasteiger partial charge in [0, 0.05) is 50.7 Å². The number of hydrogen-bond donors (Lipinski definition) is 4. The summed E-state index contributed by atoms with van der Waals surface area (Å²) in [4.78, 5) is 31.6. The summed E-state index contributed by atoms with van der Waals surface area (Å²) < 4.78 is 12.0. The number of aromatic hydroxyl groups is 1. The van der Waals surface area contributed by atoms with E-state index in [0.717, 1.165) is 81.9 Å². The predicted molar refractivity (Wildman–Crippen MR) is 198 cm³/mol. The lowest BCUT2D eigenvalue weighted by atomic mass is 9.98. The van der Waals surface area contributed by atoms with E-state index >= 15 is 0 Å². The van der Waals surface area contributed by atoms with Crippen molar-refractivity contribution in [3.8, 4) is 11.5 Å². The molecule has 5 rings (SSSR count). The second-order valence-electron chi connectivity index (χ2n) is 14.6. The van der Waals surface area contributed by atoms with E-state index in [0.29, 0.717) is 69.0 Å². The average molecular weight is 719 g/mol. The molecule has 2 saturated carbocycles. The molecule has 10 nitrogen and oxygen atoms in total. The lowest BCUT2D eigenvalue weighted by molar-refractivity contribution is -0.148. The molecule has 12 heteroatoms. The quantitative estimate of drug-likeness (QED) is 0.200. The maximum atomic E-state index is 13.2. The fraction of sp³-hybridized carbons (Fsp3) is 0.757. The Kier molecular flexibility index (Phi) is 14.5. The molecule has 49 heavy (non-hydrogen) atoms. The number of benzene rings is 1. The zero-order chi connectivity index (χ0) is 34.6. The Morgan fingerprint density at radius 1 is 1.02 bits per heavy atom. The highest BCUT2D eigenvalue weighted by Crippen LogP contribution is 2.45. The number of nitrogens with zero attached hydrogens (tertiary/aromatic N) is 2. The molecular weight excluding hydrogens is 661 g/mol. The number of phenolic OH excluding ortho intramolecular Hbond substituents is 1. The first-order chi connectivity index (χ1) is 23.7. The molecule has 1 spiro atoms. The summed E-state index contributed by atoms with van der Waals surface area (Å²) in [7, 11) is 3.81. The molecule has 1 amide bonds. The summed E-state index contributed by atoms with van der Waals surface area (Å²) in [6.45, 7) is 2.88. The van der Waals surface area contributed by atoms with Gasteiger partial charge in [-0.25, -0.2) is 0 Å². The number of carbonyl (C=O) groups excluding carboxylic acids is 2. The monoisotopic (exact) mass is 718 g/mol. The number of amides is 1. The number of aryl methyl sites for hydroxylation is 1. The molecule has 2 heterocycles. The normalized spacial score (nSPS) is 27.1. The van der Waals surface area contributed by atoms with E-state index in [1.807, 2.05) is 38.6 Å². The summed E-state index contributed by atoms with van der Waals surface area (Å²) in [5.74, 6) is 1.99. The number of hydrogen-bond acceptors (Lipinski definition) is 11. The Labute approximate surface area is 300 Å². The molecule has 3 unspecified atom stereocenters. The van der Waals surface area contributed by atoms with Gasteiger partial charge in [0.05, 0.1) is 17.1 Å². The van der Waals surface area contributed by atoms with Crippen LogP contribution in [0, 0.1) is 5.92 Å². The van der Waals surface area contributed by atoms with Gasteiger partial charge in [0.15, 0.2) is 17.5 Å². The third kappa shape index (κ3) is 11.9. The maximum Gasteiger partial charge on any atom is 0.302 e. The molecule has 3 atom stereocenters. The number of carbonyl (C=O) groups is 2. The molecule has 1 aromatic carbocycles. The molecule has 1 saturated heterocycles. The van der Waals surface area contributed by atoms with Crippen molar-refractivity contribution in [3.63, 3.8) is 0 Å². The second kappa shape index (κ2) is 18.8. The fourth-order valence-corrected chi connectivity index (χ4v) is 10.9. The zero-order valence-electron chi connectivity index (χ0n) is 29.3. The van der Waals surface area contributed by atoms with E-state index < -0.39 is 12.2 Å². The summed E-state index contributed by atoms with van der Waals surface area (Å²) in [5, 5.41) is 25.8. The van der Waals surface area contributed by atoms with Crippen LogP contribution in [0.5, 0.6) is 11.5 Å². The molecule has 2 aliphatic heterocycles. The first kappa shape index (κ1) is 37.9. The van der Waals surface area contributed by atoms with Gasteiger partial charge >= 0.3 is 5.97 Å². The van der Waals surface area contributed by atoms with Gasteiger partial charge in [0.25, 0.3) is 0 Å². The van der Waals surface area contributed by atoms with Crippen LogP contribution in [0.2, 0.25) is 0 Å². The number of ether oxygens (including phenoxy) is 2. The Bertz CT molecular complexity index is 1270. The maximum absolute atomic E-state index is 13.2. The van der Waals surface area contributed by atoms with Crippen molar-refractivity contribution in [2.24, 2.45) is 16.6 Å². The van der Waals surface area contributed by atoms with E-state index in [9.17, 15) is 19.8 Å². The lowest BCUT2D eigenvalue weighted by Crippen LogP contribution is -2.47. The minimum atomic E-state index is -0.543. The predicted octanol–water partition coefficient (Wildman–Crippen LogP) is 6.59. The number of esters is 1. The van der Waals surface area contributed by atoms with E-state index in [-0.39, 0.29) is 34.5 Å². The van der Waals surface area contributed by atoms with E-state index in [2.05, 4.69) is 10.3 Å². The number of rotatable bonds is 3. The highest BCUT2D eigenvalue weighted by atomic mass is 33.1. The van der Waals surface area contributed by atoms with Crippen LogP contribution < -0.4 is 15.8 Å². The molecule has 4 bridgehead atoms. The topological polar surface area (TPSA) is 147 Å². The summed E-state index contributed by atoms with van der Waals surface area (Å²) >= 11 is 0. The number of aliphatic hydroxyl groups is 1. The summed E-state index contributed by atoms with van der Waals surface area (Å²) in [6, 6.07) is 3.85. The van der Waals surface area contributed by atoms with Crippen LogP contribution in [-0.2, 0) is 27.3 Å². The van der Waals surface area contributed by atoms with Crippen molar-refractivity contribution >= 4 is 39.4 Å². The Morgan fingerprint density at radius 2 is 1.78 bits per heavy atom. The van der Waals surface area contributed by atoms with Crippen molar-refractivity contribution in [1.82, 2.24) is 10.2 Å². The molecule has 3 fully saturated rings. The van der Waals surface area contributed by atoms with Crippen LogP contribution in [0.1, 0.15) is 127 Å². The molecule has 274 valence electrons. The Hall–Kier alpha value is -2.31. The third-order valence-electron chi connectivity index (χ3n) is 10.4. The smallest absolute Gasteiger partial charge is 0.302 e. The molecule has 0 aromatic heterocycles. The minimum absolute atomic E-state index is 0.0631. The van der Waals surface area contributed by atoms with Gasteiger partial charge in [-0.05, 0) is 88.2 Å². The fourth-order valence-electron chi connectivity index (χ4n) is 7.75. The Morgan fingerprint density at radius 3 is 2.55 bits per heavy atom. The number of aliphatic hydroxyl groups excluding tert-OH is 1. The standard InChI is InChI=1S/C37H58N4O6S2/c1-26(42)46-32-14-13-27-20-29(35(45)33(21-27)47-31-11-5-6-12-31)25-41-24-28(22-34(41)44)15-18-39-36(38)40-37(16-7-8-17-37)49-48-19-9-3-2-4-10-30(43)23-32/h20-21,28,30-32,43,45H,2-19,22-25H2,1H3,(H3,38,39,40). The second-order valence-corrected chi connectivity index (χ2v) is 17.4. The zero-order valence-corrected chi connectivity index (χ0v) is 31.0. The van der Waals surface area contributed by atoms with Crippen LogP contribution in [0.4, 0.5) is 0 Å². The SMILES string of the molecule is CC(=O)OC1CCc2cc(c(O)c(OC3CCCC3)c2)CN2CC(CCN=C(N)NC3(CCCC3)SSCCCCCCC(O)C1)CC2=O. The van der Waals surface area contributed by atoms with Gasteiger partial charge < -0.3 is 35.6 Å². The van der Waals surface area contributed by atoms with Gasteiger partial charge in [-0.15, -0.1) is 0 Å². The van der Waals surface area contributed by atoms with Crippen molar-refractivity contribution in [3.05, 3.63) is 23.3 Å². The van der Waals surface area contributed by atoms with Crippen LogP contribution >= 0.6 is 21.6 Å². The Balaban J connectivity index is 1.32. The number of phenols is 1. The van der Waals surface area contributed by atoms with Gasteiger partial charge in [-0.3, -0.25) is 14.6 Å². The van der Waals surface area contributed by atoms with Crippen LogP contribution in [0.25, 0.3) is 0 Å². The first-order valence-corrected chi connectivity index (χ1v) is 21.0. The molecule has 1 aromatic rings. The van der Waals surface area contributed by atoms with Crippen LogP contribution in [-0.4, -0.2) is 75.0 Å². The van der Waals surface area contributed by atoms with Crippen molar-refractivity contribution < 1.29 is 29.3 Å². The van der Waals surface area contributed by atoms with Crippen molar-refractivity contribution in [2.45, 2.75) is 152 Å². The summed E-state index contributed by atoms with van der Waals surface area (Å²) in [6.07, 6.45) is 15.4. The number of fused-ring (bicyclic) bond motifs is 4. The van der Waals surface area contributed by atoms with E-state index in [1.165, 1.54) is 19.8 Å². The van der Waals surface area contributed by atoms with Crippen molar-refractivity contribution in [2.75, 3.05) is 18.8 Å². The molecular formula is C37H58N4O6S2. The number of nitrogens with one attached hydrogen (secondary N) is 1. The van der Waals surface area contributed by atoms with Crippen LogP contribution in [0.15, 0.2) is 17.1 Å². The molecule has 0 radical (unpaired) electrons.